The zero-order valence-corrected chi connectivity index (χ0v) is 13.4. The smallest absolute Gasteiger partial charge is 0.244 e. The largest absolute Gasteiger partial charge is 0.395 e. The minimum absolute atomic E-state index is 0.0000431. The van der Waals surface area contributed by atoms with E-state index in [2.05, 4.69) is 11.8 Å². The second kappa shape index (κ2) is 6.80. The van der Waals surface area contributed by atoms with E-state index >= 15 is 0 Å². The van der Waals surface area contributed by atoms with E-state index in [4.69, 9.17) is 16.7 Å². The van der Waals surface area contributed by atoms with E-state index < -0.39 is 10.0 Å². The van der Waals surface area contributed by atoms with Gasteiger partial charge in [-0.15, -0.1) is 0 Å². The minimum atomic E-state index is -3.55. The van der Waals surface area contributed by atoms with E-state index in [1.807, 2.05) is 6.92 Å². The Labute approximate surface area is 130 Å². The van der Waals surface area contributed by atoms with Crippen molar-refractivity contribution in [2.75, 3.05) is 13.2 Å². The highest BCUT2D eigenvalue weighted by Crippen LogP contribution is 2.30. The fourth-order valence-electron chi connectivity index (χ4n) is 2.40. The van der Waals surface area contributed by atoms with E-state index in [0.717, 1.165) is 12.8 Å². The fourth-order valence-corrected chi connectivity index (χ4v) is 4.62. The van der Waals surface area contributed by atoms with Crippen molar-refractivity contribution in [2.45, 2.75) is 37.1 Å². The van der Waals surface area contributed by atoms with Crippen LogP contribution in [-0.4, -0.2) is 37.0 Å². The SMILES string of the molecule is CC1CCCN1S(=O)(=O)c1ccc(C#CCCO)cc1Cl. The van der Waals surface area contributed by atoms with Gasteiger partial charge in [0.1, 0.15) is 4.90 Å². The molecule has 1 heterocycles. The molecule has 1 N–H and O–H groups in total. The van der Waals surface area contributed by atoms with Gasteiger partial charge in [0.05, 0.1) is 11.6 Å². The summed E-state index contributed by atoms with van der Waals surface area (Å²) in [6, 6.07) is 4.71. The third-order valence-electron chi connectivity index (χ3n) is 3.48. The van der Waals surface area contributed by atoms with Gasteiger partial charge in [-0.2, -0.15) is 4.31 Å². The third kappa shape index (κ3) is 3.58. The number of aliphatic hydroxyl groups is 1. The Kier molecular flexibility index (Phi) is 5.28. The molecule has 0 aromatic heterocycles. The van der Waals surface area contributed by atoms with Crippen LogP contribution in [0.5, 0.6) is 0 Å². The topological polar surface area (TPSA) is 57.6 Å². The van der Waals surface area contributed by atoms with Gasteiger partial charge in [0.25, 0.3) is 0 Å². The summed E-state index contributed by atoms with van der Waals surface area (Å²) in [5.41, 5.74) is 0.641. The molecule has 0 amide bonds. The van der Waals surface area contributed by atoms with E-state index in [1.165, 1.54) is 10.4 Å². The summed E-state index contributed by atoms with van der Waals surface area (Å²) >= 11 is 6.13. The molecule has 2 rings (SSSR count). The van der Waals surface area contributed by atoms with E-state index in [0.29, 0.717) is 18.5 Å². The second-order valence-corrected chi connectivity index (χ2v) is 7.29. The Morgan fingerprint density at radius 3 is 2.81 bits per heavy atom. The maximum Gasteiger partial charge on any atom is 0.244 e. The predicted octanol–water partition coefficient (Wildman–Crippen LogP) is 2.25. The van der Waals surface area contributed by atoms with Crippen molar-refractivity contribution in [1.29, 1.82) is 0 Å². The first-order valence-electron chi connectivity index (χ1n) is 6.88. The third-order valence-corrected chi connectivity index (χ3v) is 5.98. The van der Waals surface area contributed by atoms with Crippen molar-refractivity contribution in [3.8, 4) is 11.8 Å². The minimum Gasteiger partial charge on any atom is -0.395 e. The molecule has 114 valence electrons. The highest BCUT2D eigenvalue weighted by molar-refractivity contribution is 7.89. The van der Waals surface area contributed by atoms with Crippen LogP contribution in [0.2, 0.25) is 5.02 Å². The van der Waals surface area contributed by atoms with E-state index in [9.17, 15) is 8.42 Å². The van der Waals surface area contributed by atoms with Crippen molar-refractivity contribution in [3.05, 3.63) is 28.8 Å². The molecule has 1 atom stereocenters. The molecule has 1 unspecified atom stereocenters. The maximum absolute atomic E-state index is 12.6. The van der Waals surface area contributed by atoms with Crippen LogP contribution in [0.25, 0.3) is 0 Å². The second-order valence-electron chi connectivity index (χ2n) is 5.03. The molecule has 1 fully saturated rings. The summed E-state index contributed by atoms with van der Waals surface area (Å²) in [6.45, 7) is 2.45. The molecule has 0 aliphatic carbocycles. The Morgan fingerprint density at radius 2 is 2.24 bits per heavy atom. The molecule has 4 nitrogen and oxygen atoms in total. The lowest BCUT2D eigenvalue weighted by atomic mass is 10.2. The van der Waals surface area contributed by atoms with Crippen LogP contribution < -0.4 is 0 Å². The summed E-state index contributed by atoms with van der Waals surface area (Å²) in [5.74, 6) is 5.62. The van der Waals surface area contributed by atoms with Crippen LogP contribution >= 0.6 is 11.6 Å². The van der Waals surface area contributed by atoms with E-state index in [-0.39, 0.29) is 22.6 Å². The number of aliphatic hydroxyl groups excluding tert-OH is 1. The van der Waals surface area contributed by atoms with Crippen LogP contribution in [0.1, 0.15) is 31.7 Å². The first-order chi connectivity index (χ1) is 9.96. The molecular weight excluding hydrogens is 310 g/mol. The first-order valence-corrected chi connectivity index (χ1v) is 8.69. The number of hydrogen-bond acceptors (Lipinski definition) is 3. The highest BCUT2D eigenvalue weighted by Gasteiger charge is 2.33. The molecule has 0 radical (unpaired) electrons. The summed E-state index contributed by atoms with van der Waals surface area (Å²) in [7, 11) is -3.55. The number of nitrogens with zero attached hydrogens (tertiary/aromatic N) is 1. The molecule has 0 bridgehead atoms. The number of benzene rings is 1. The normalized spacial score (nSPS) is 19.3. The Bertz CT molecular complexity index is 676. The first kappa shape index (κ1) is 16.3. The van der Waals surface area contributed by atoms with Crippen molar-refractivity contribution >= 4 is 21.6 Å². The van der Waals surface area contributed by atoms with Crippen LogP contribution in [-0.2, 0) is 10.0 Å². The van der Waals surface area contributed by atoms with Gasteiger partial charge < -0.3 is 5.11 Å². The molecule has 1 aromatic carbocycles. The lowest BCUT2D eigenvalue weighted by Gasteiger charge is -2.21. The summed E-state index contributed by atoms with van der Waals surface area (Å²) < 4.78 is 26.7. The molecule has 6 heteroatoms. The quantitative estimate of drug-likeness (QED) is 0.866. The van der Waals surface area contributed by atoms with Gasteiger partial charge in [-0.1, -0.05) is 23.4 Å². The van der Waals surface area contributed by atoms with Crippen LogP contribution in [0.4, 0.5) is 0 Å². The van der Waals surface area contributed by atoms with Gasteiger partial charge in [0.15, 0.2) is 0 Å². The van der Waals surface area contributed by atoms with Crippen LogP contribution in [0.3, 0.4) is 0 Å². The molecule has 1 aliphatic rings. The van der Waals surface area contributed by atoms with Crippen molar-refractivity contribution in [1.82, 2.24) is 4.31 Å². The molecule has 1 aliphatic heterocycles. The summed E-state index contributed by atoms with van der Waals surface area (Å²) in [5, 5.41) is 8.87. The number of halogens is 1. The Morgan fingerprint density at radius 1 is 1.48 bits per heavy atom. The van der Waals surface area contributed by atoms with Gasteiger partial charge >= 0.3 is 0 Å². The maximum atomic E-state index is 12.6. The zero-order valence-electron chi connectivity index (χ0n) is 11.8. The molecular formula is C15H18ClNO3S. The van der Waals surface area contributed by atoms with E-state index in [1.54, 1.807) is 12.1 Å². The van der Waals surface area contributed by atoms with Gasteiger partial charge in [-0.05, 0) is 38.0 Å². The van der Waals surface area contributed by atoms with Gasteiger partial charge in [0.2, 0.25) is 10.0 Å². The molecule has 1 aromatic rings. The number of rotatable bonds is 3. The van der Waals surface area contributed by atoms with Crippen molar-refractivity contribution < 1.29 is 13.5 Å². The highest BCUT2D eigenvalue weighted by atomic mass is 35.5. The lowest BCUT2D eigenvalue weighted by molar-refractivity contribution is 0.305. The van der Waals surface area contributed by atoms with Gasteiger partial charge in [0, 0.05) is 24.6 Å². The molecule has 21 heavy (non-hydrogen) atoms. The predicted molar refractivity (Wildman–Crippen MR) is 82.6 cm³/mol. The van der Waals surface area contributed by atoms with Gasteiger partial charge in [-0.3, -0.25) is 0 Å². The van der Waals surface area contributed by atoms with Gasteiger partial charge in [-0.25, -0.2) is 8.42 Å². The van der Waals surface area contributed by atoms with Crippen LogP contribution in [0, 0.1) is 11.8 Å². The number of hydrogen-bond donors (Lipinski definition) is 1. The average Bonchev–Trinajstić information content (AvgIpc) is 2.86. The average molecular weight is 328 g/mol. The Balaban J connectivity index is 2.31. The van der Waals surface area contributed by atoms with Crippen molar-refractivity contribution in [2.24, 2.45) is 0 Å². The summed E-state index contributed by atoms with van der Waals surface area (Å²) in [6.07, 6.45) is 2.13. The monoisotopic (exact) mass is 327 g/mol. The number of sulfonamides is 1. The Hall–Kier alpha value is -1.06. The molecule has 0 spiro atoms. The summed E-state index contributed by atoms with van der Waals surface area (Å²) in [4.78, 5) is 0.130. The van der Waals surface area contributed by atoms with Crippen molar-refractivity contribution in [3.63, 3.8) is 0 Å². The lowest BCUT2D eigenvalue weighted by Crippen LogP contribution is -2.33. The standard InChI is InChI=1S/C15H18ClNO3S/c1-12-5-4-9-17(12)21(19,20)15-8-7-13(11-14(15)16)6-2-3-10-18/h7-8,11-12,18H,3-5,9-10H2,1H3. The molecule has 1 saturated heterocycles. The fraction of sp³-hybridized carbons (Fsp3) is 0.467. The molecule has 0 saturated carbocycles. The van der Waals surface area contributed by atoms with Crippen LogP contribution in [0.15, 0.2) is 23.1 Å². The zero-order chi connectivity index (χ0) is 15.5.